The van der Waals surface area contributed by atoms with Gasteiger partial charge >= 0.3 is 6.03 Å². The minimum atomic E-state index is -4.26. The number of imidazole rings is 1. The number of aromatic nitrogens is 3. The third-order valence-corrected chi connectivity index (χ3v) is 8.59. The zero-order valence-corrected chi connectivity index (χ0v) is 26.0. The first-order chi connectivity index (χ1) is 20.6. The van der Waals surface area contributed by atoms with Gasteiger partial charge in [0.1, 0.15) is 27.7 Å². The molecule has 2 aromatic heterocycles. The summed E-state index contributed by atoms with van der Waals surface area (Å²) in [6, 6.07) is 19.6. The summed E-state index contributed by atoms with van der Waals surface area (Å²) >= 11 is 12.1. The minimum Gasteiger partial charge on any atom is -0.454 e. The number of hydrogen-bond donors (Lipinski definition) is 2. The molecule has 3 aromatic carbocycles. The fourth-order valence-corrected chi connectivity index (χ4v) is 6.20. The second-order valence-electron chi connectivity index (χ2n) is 9.87. The van der Waals surface area contributed by atoms with Crippen LogP contribution >= 0.6 is 23.2 Å². The van der Waals surface area contributed by atoms with Gasteiger partial charge in [0, 0.05) is 29.4 Å². The van der Waals surface area contributed by atoms with E-state index in [4.69, 9.17) is 37.9 Å². The Bertz CT molecular complexity index is 1930. The monoisotopic (exact) mass is 637 g/mol. The van der Waals surface area contributed by atoms with Gasteiger partial charge in [-0.3, -0.25) is 4.57 Å². The molecule has 5 aromatic rings. The Morgan fingerprint density at radius 3 is 2.42 bits per heavy atom. The van der Waals surface area contributed by atoms with Crippen molar-refractivity contribution in [2.45, 2.75) is 38.5 Å². The highest BCUT2D eigenvalue weighted by Gasteiger charge is 2.23. The first-order valence-corrected chi connectivity index (χ1v) is 15.8. The molecule has 0 bridgehead atoms. The molecule has 0 aliphatic carbocycles. The van der Waals surface area contributed by atoms with Gasteiger partial charge in [0.05, 0.1) is 5.02 Å². The average Bonchev–Trinajstić information content (AvgIpc) is 3.34. The van der Waals surface area contributed by atoms with Crippen LogP contribution in [-0.2, 0) is 22.9 Å². The van der Waals surface area contributed by atoms with Crippen LogP contribution in [-0.4, -0.2) is 35.5 Å². The number of urea groups is 1. The molecule has 0 unspecified atom stereocenters. The van der Waals surface area contributed by atoms with Crippen LogP contribution in [0.3, 0.4) is 0 Å². The first kappa shape index (κ1) is 30.3. The van der Waals surface area contributed by atoms with Gasteiger partial charge < -0.3 is 10.1 Å². The maximum atomic E-state index is 13.0. The lowest BCUT2D eigenvalue weighted by atomic mass is 10.1. The molecule has 0 fully saturated rings. The van der Waals surface area contributed by atoms with Gasteiger partial charge in [-0.05, 0) is 79.9 Å². The van der Waals surface area contributed by atoms with Crippen LogP contribution in [0.4, 0.5) is 4.79 Å². The molecule has 0 atom stereocenters. The quantitative estimate of drug-likeness (QED) is 0.181. The van der Waals surface area contributed by atoms with Gasteiger partial charge in [0.2, 0.25) is 0 Å². The molecule has 0 aliphatic heterocycles. The van der Waals surface area contributed by atoms with E-state index >= 15 is 0 Å². The number of pyridine rings is 1. The molecule has 43 heavy (non-hydrogen) atoms. The number of nitrogens with zero attached hydrogens (tertiary/aromatic N) is 3. The summed E-state index contributed by atoms with van der Waals surface area (Å²) in [4.78, 5) is 21.9. The molecule has 2 amide bonds. The number of aryl methyl sites for hydroxylation is 3. The second kappa shape index (κ2) is 12.6. The lowest BCUT2D eigenvalue weighted by molar-refractivity contribution is 0.246. The number of carbonyl (C=O) groups excluding carboxylic acids is 1. The summed E-state index contributed by atoms with van der Waals surface area (Å²) in [5.41, 5.74) is 5.63. The summed E-state index contributed by atoms with van der Waals surface area (Å²) < 4.78 is 35.9. The van der Waals surface area contributed by atoms with Crippen molar-refractivity contribution in [3.05, 3.63) is 105 Å². The van der Waals surface area contributed by atoms with Crippen molar-refractivity contribution >= 4 is 50.4 Å². The molecule has 0 radical (unpaired) electrons. The highest BCUT2D eigenvalue weighted by Crippen LogP contribution is 2.34. The van der Waals surface area contributed by atoms with E-state index in [9.17, 15) is 13.2 Å². The maximum Gasteiger partial charge on any atom is 0.328 e. The largest absolute Gasteiger partial charge is 0.454 e. The Balaban J connectivity index is 1.22. The van der Waals surface area contributed by atoms with E-state index in [-0.39, 0.29) is 28.0 Å². The molecule has 2 heterocycles. The molecule has 0 saturated heterocycles. The second-order valence-corrected chi connectivity index (χ2v) is 12.4. The van der Waals surface area contributed by atoms with Crippen LogP contribution in [0.15, 0.2) is 77.7 Å². The number of ether oxygens (including phenoxy) is 1. The molecule has 0 spiro atoms. The molecular weight excluding hydrogens is 609 g/mol. The van der Waals surface area contributed by atoms with E-state index < -0.39 is 16.1 Å². The van der Waals surface area contributed by atoms with E-state index in [1.165, 1.54) is 30.3 Å². The van der Waals surface area contributed by atoms with Crippen molar-refractivity contribution < 1.29 is 17.9 Å². The standard InChI is InChI=1S/C31H29Cl2N5O4S/c1-4-28-36-29-19(2)17-20(3)35-30(29)38(28)23-12-9-21(10-13-23)15-16-34-31(39)37-43(40,41)27-8-6-5-7-26(27)42-25-14-11-22(32)18-24(25)33/h5-14,17-18H,4,15-16H2,1-3H3,(H2,34,37,39). The zero-order valence-electron chi connectivity index (χ0n) is 23.7. The lowest BCUT2D eigenvalue weighted by Gasteiger charge is -2.14. The topological polar surface area (TPSA) is 115 Å². The van der Waals surface area contributed by atoms with E-state index in [1.807, 2.05) is 48.9 Å². The van der Waals surface area contributed by atoms with Crippen molar-refractivity contribution in [2.75, 3.05) is 6.54 Å². The van der Waals surface area contributed by atoms with Gasteiger partial charge in [0.15, 0.2) is 5.65 Å². The molecule has 222 valence electrons. The predicted octanol–water partition coefficient (Wildman–Crippen LogP) is 6.93. The van der Waals surface area contributed by atoms with Gasteiger partial charge in [0.25, 0.3) is 10.0 Å². The maximum absolute atomic E-state index is 13.0. The third kappa shape index (κ3) is 6.77. The number of halogens is 2. The number of carbonyl (C=O) groups is 1. The minimum absolute atomic E-state index is 0.00420. The number of hydrogen-bond acceptors (Lipinski definition) is 6. The zero-order chi connectivity index (χ0) is 30.7. The van der Waals surface area contributed by atoms with E-state index in [0.717, 1.165) is 45.9 Å². The Morgan fingerprint density at radius 2 is 1.70 bits per heavy atom. The average molecular weight is 639 g/mol. The summed E-state index contributed by atoms with van der Waals surface area (Å²) in [5.74, 6) is 1.15. The van der Waals surface area contributed by atoms with Gasteiger partial charge in [-0.25, -0.2) is 27.9 Å². The Kier molecular flexibility index (Phi) is 8.91. The van der Waals surface area contributed by atoms with Crippen LogP contribution in [0, 0.1) is 13.8 Å². The van der Waals surface area contributed by atoms with Crippen molar-refractivity contribution in [2.24, 2.45) is 0 Å². The van der Waals surface area contributed by atoms with Crippen molar-refractivity contribution in [1.29, 1.82) is 0 Å². The SMILES string of the molecule is CCc1nc2c(C)cc(C)nc2n1-c1ccc(CCNC(=O)NS(=O)(=O)c2ccccc2Oc2ccc(Cl)cc2Cl)cc1. The highest BCUT2D eigenvalue weighted by molar-refractivity contribution is 7.90. The Hall–Kier alpha value is -4.12. The van der Waals surface area contributed by atoms with Gasteiger partial charge in [-0.1, -0.05) is 54.4 Å². The predicted molar refractivity (Wildman–Crippen MR) is 168 cm³/mol. The molecule has 12 heteroatoms. The summed E-state index contributed by atoms with van der Waals surface area (Å²) in [7, 11) is -4.26. The van der Waals surface area contributed by atoms with Crippen LogP contribution < -0.4 is 14.8 Å². The molecule has 0 saturated carbocycles. The molecule has 9 nitrogen and oxygen atoms in total. The van der Waals surface area contributed by atoms with Gasteiger partial charge in [-0.15, -0.1) is 0 Å². The summed E-state index contributed by atoms with van der Waals surface area (Å²) in [6.45, 7) is 6.28. The number of sulfonamides is 1. The van der Waals surface area contributed by atoms with E-state index in [0.29, 0.717) is 11.4 Å². The number of fused-ring (bicyclic) bond motifs is 1. The molecular formula is C31H29Cl2N5O4S. The highest BCUT2D eigenvalue weighted by atomic mass is 35.5. The number of para-hydroxylation sites is 1. The van der Waals surface area contributed by atoms with Crippen molar-refractivity contribution in [3.63, 3.8) is 0 Å². The number of amides is 2. The van der Waals surface area contributed by atoms with Crippen LogP contribution in [0.25, 0.3) is 16.9 Å². The van der Waals surface area contributed by atoms with Crippen LogP contribution in [0.5, 0.6) is 11.5 Å². The smallest absolute Gasteiger partial charge is 0.328 e. The van der Waals surface area contributed by atoms with E-state index in [2.05, 4.69) is 16.8 Å². The normalized spacial score (nSPS) is 11.5. The molecule has 5 rings (SSSR count). The summed E-state index contributed by atoms with van der Waals surface area (Å²) in [6.07, 6.45) is 1.24. The van der Waals surface area contributed by atoms with E-state index in [1.54, 1.807) is 12.1 Å². The van der Waals surface area contributed by atoms with Crippen molar-refractivity contribution in [1.82, 2.24) is 24.6 Å². The fraction of sp³-hybridized carbons (Fsp3) is 0.194. The fourth-order valence-electron chi connectivity index (χ4n) is 4.69. The first-order valence-electron chi connectivity index (χ1n) is 13.5. The lowest BCUT2D eigenvalue weighted by Crippen LogP contribution is -2.40. The summed E-state index contributed by atoms with van der Waals surface area (Å²) in [5, 5.41) is 3.23. The molecule has 0 aliphatic rings. The van der Waals surface area contributed by atoms with Crippen LogP contribution in [0.2, 0.25) is 10.0 Å². The number of nitrogens with one attached hydrogen (secondary N) is 2. The molecule has 2 N–H and O–H groups in total. The number of rotatable bonds is 9. The van der Waals surface area contributed by atoms with Crippen LogP contribution in [0.1, 0.15) is 29.6 Å². The van der Waals surface area contributed by atoms with Crippen molar-refractivity contribution in [3.8, 4) is 17.2 Å². The Labute approximate surface area is 259 Å². The third-order valence-electron chi connectivity index (χ3n) is 6.69. The Morgan fingerprint density at radius 1 is 0.953 bits per heavy atom. The van der Waals surface area contributed by atoms with Gasteiger partial charge in [-0.2, -0.15) is 0 Å². The number of benzene rings is 3.